The topological polar surface area (TPSA) is 78.4 Å². The number of carboxylic acids is 1. The summed E-state index contributed by atoms with van der Waals surface area (Å²) in [6.45, 7) is 0.483. The largest absolute Gasteiger partial charge is 0.481 e. The highest BCUT2D eigenvalue weighted by Crippen LogP contribution is 2.16. The quantitative estimate of drug-likeness (QED) is 0.663. The summed E-state index contributed by atoms with van der Waals surface area (Å²) in [7, 11) is 0. The zero-order chi connectivity index (χ0) is 15.0. The van der Waals surface area contributed by atoms with E-state index in [1.807, 2.05) is 0 Å². The van der Waals surface area contributed by atoms with Gasteiger partial charge in [0, 0.05) is 17.6 Å². The zero-order valence-corrected chi connectivity index (χ0v) is 12.4. The maximum Gasteiger partial charge on any atom is 0.314 e. The molecule has 1 aromatic rings. The number of carbonyl (C=O) groups is 2. The van der Waals surface area contributed by atoms with E-state index in [-0.39, 0.29) is 18.8 Å². The van der Waals surface area contributed by atoms with E-state index in [1.54, 1.807) is 12.1 Å². The van der Waals surface area contributed by atoms with Crippen molar-refractivity contribution in [2.24, 2.45) is 0 Å². The maximum absolute atomic E-state index is 13.5. The molecule has 0 saturated heterocycles. The van der Waals surface area contributed by atoms with Gasteiger partial charge < -0.3 is 15.7 Å². The number of halogens is 2. The molecular weight excluding hydrogens is 331 g/mol. The number of hydrogen-bond donors (Lipinski definition) is 3. The lowest BCUT2D eigenvalue weighted by molar-refractivity contribution is -0.136. The van der Waals surface area contributed by atoms with Gasteiger partial charge in [0.2, 0.25) is 0 Å². The Morgan fingerprint density at radius 2 is 1.95 bits per heavy atom. The Morgan fingerprint density at radius 1 is 1.25 bits per heavy atom. The molecule has 1 aromatic carbocycles. The molecule has 0 unspecified atom stereocenters. The molecule has 0 aliphatic heterocycles. The molecule has 0 saturated carbocycles. The van der Waals surface area contributed by atoms with Crippen LogP contribution in [0.1, 0.15) is 18.4 Å². The first-order valence-corrected chi connectivity index (χ1v) is 6.96. The first-order chi connectivity index (χ1) is 9.49. The summed E-state index contributed by atoms with van der Waals surface area (Å²) in [4.78, 5) is 21.5. The van der Waals surface area contributed by atoms with E-state index in [2.05, 4.69) is 26.6 Å². The van der Waals surface area contributed by atoms with Crippen LogP contribution in [0.2, 0.25) is 0 Å². The molecule has 0 atom stereocenters. The number of urea groups is 1. The minimum absolute atomic E-state index is 0.0858. The third kappa shape index (κ3) is 6.51. The molecule has 0 radical (unpaired) electrons. The van der Waals surface area contributed by atoms with Gasteiger partial charge >= 0.3 is 12.0 Å². The van der Waals surface area contributed by atoms with Crippen LogP contribution >= 0.6 is 15.9 Å². The van der Waals surface area contributed by atoms with Crippen molar-refractivity contribution >= 4 is 27.9 Å². The molecule has 3 N–H and O–H groups in total. The van der Waals surface area contributed by atoms with Crippen LogP contribution in [0.25, 0.3) is 0 Å². The summed E-state index contributed by atoms with van der Waals surface area (Å²) in [5, 5.41) is 13.4. The zero-order valence-electron chi connectivity index (χ0n) is 10.8. The number of hydrogen-bond acceptors (Lipinski definition) is 2. The van der Waals surface area contributed by atoms with Gasteiger partial charge in [-0.15, -0.1) is 0 Å². The molecule has 0 spiro atoms. The van der Waals surface area contributed by atoms with E-state index in [4.69, 9.17) is 5.11 Å². The highest BCUT2D eigenvalue weighted by atomic mass is 79.9. The molecule has 0 fully saturated rings. The average molecular weight is 347 g/mol. The van der Waals surface area contributed by atoms with Gasteiger partial charge in [0.15, 0.2) is 0 Å². The second kappa shape index (κ2) is 8.52. The van der Waals surface area contributed by atoms with Crippen molar-refractivity contribution in [3.05, 3.63) is 34.1 Å². The van der Waals surface area contributed by atoms with Crippen LogP contribution < -0.4 is 10.6 Å². The summed E-state index contributed by atoms with van der Waals surface area (Å²) in [6, 6.07) is 4.46. The number of benzene rings is 1. The Kier molecular flexibility index (Phi) is 7.00. The molecule has 20 heavy (non-hydrogen) atoms. The molecule has 2 amide bonds. The molecule has 0 aromatic heterocycles. The fourth-order valence-electron chi connectivity index (χ4n) is 1.55. The summed E-state index contributed by atoms with van der Waals surface area (Å²) in [5.41, 5.74) is 0.598. The Balaban J connectivity index is 2.18. The number of amides is 2. The van der Waals surface area contributed by atoms with Crippen LogP contribution in [-0.4, -0.2) is 30.2 Å². The number of rotatable bonds is 7. The molecule has 0 heterocycles. The van der Waals surface area contributed by atoms with Crippen LogP contribution in [0.15, 0.2) is 22.7 Å². The van der Waals surface area contributed by atoms with Crippen LogP contribution in [0.3, 0.4) is 0 Å². The Bertz CT molecular complexity index is 483. The first-order valence-electron chi connectivity index (χ1n) is 6.16. The van der Waals surface area contributed by atoms with Crippen molar-refractivity contribution < 1.29 is 19.1 Å². The Labute approximate surface area is 124 Å². The second-order valence-electron chi connectivity index (χ2n) is 4.17. The van der Waals surface area contributed by atoms with Gasteiger partial charge in [-0.2, -0.15) is 0 Å². The highest BCUT2D eigenvalue weighted by Gasteiger charge is 2.04. The lowest BCUT2D eigenvalue weighted by Gasteiger charge is -2.07. The minimum atomic E-state index is -0.962. The van der Waals surface area contributed by atoms with Gasteiger partial charge in [0.05, 0.1) is 6.42 Å². The Morgan fingerprint density at radius 3 is 2.60 bits per heavy atom. The van der Waals surface area contributed by atoms with E-state index < -0.39 is 12.0 Å². The Hall–Kier alpha value is -1.63. The molecule has 0 bridgehead atoms. The summed E-state index contributed by atoms with van der Waals surface area (Å²) < 4.78 is 14.2. The fraction of sp³-hybridized carbons (Fsp3) is 0.385. The fourth-order valence-corrected chi connectivity index (χ4v) is 1.88. The van der Waals surface area contributed by atoms with Gasteiger partial charge in [0.1, 0.15) is 5.82 Å². The summed E-state index contributed by atoms with van der Waals surface area (Å²) >= 11 is 3.18. The van der Waals surface area contributed by atoms with Gasteiger partial charge in [-0.3, -0.25) is 4.79 Å². The minimum Gasteiger partial charge on any atom is -0.481 e. The van der Waals surface area contributed by atoms with E-state index in [0.29, 0.717) is 29.4 Å². The summed E-state index contributed by atoms with van der Waals surface area (Å²) in [5.74, 6) is -1.23. The molecule has 1 rings (SSSR count). The van der Waals surface area contributed by atoms with Crippen LogP contribution in [-0.2, 0) is 11.2 Å². The first kappa shape index (κ1) is 16.4. The van der Waals surface area contributed by atoms with Crippen LogP contribution in [0, 0.1) is 5.82 Å². The predicted molar refractivity (Wildman–Crippen MR) is 76.1 cm³/mol. The van der Waals surface area contributed by atoms with Crippen LogP contribution in [0.4, 0.5) is 9.18 Å². The maximum atomic E-state index is 13.5. The third-order valence-corrected chi connectivity index (χ3v) is 3.04. The molecule has 0 aliphatic carbocycles. The average Bonchev–Trinajstić information content (AvgIpc) is 2.36. The second-order valence-corrected chi connectivity index (χ2v) is 5.08. The highest BCUT2D eigenvalue weighted by molar-refractivity contribution is 9.10. The molecule has 0 aliphatic rings. The van der Waals surface area contributed by atoms with Crippen LogP contribution in [0.5, 0.6) is 0 Å². The smallest absolute Gasteiger partial charge is 0.314 e. The van der Waals surface area contributed by atoms with E-state index in [0.717, 1.165) is 0 Å². The number of aryl methyl sites for hydroxylation is 1. The van der Waals surface area contributed by atoms with E-state index in [1.165, 1.54) is 6.07 Å². The number of carbonyl (C=O) groups excluding carboxylic acids is 1. The molecular formula is C13H16BrFN2O3. The van der Waals surface area contributed by atoms with Crippen molar-refractivity contribution in [1.82, 2.24) is 10.6 Å². The van der Waals surface area contributed by atoms with Crippen molar-refractivity contribution in [2.75, 3.05) is 13.1 Å². The standard InChI is InChI=1S/C13H16BrFN2O3/c14-10-4-3-9(11(15)8-10)2-1-6-16-13(20)17-7-5-12(18)19/h3-4,8H,1-2,5-7H2,(H,18,19)(H2,16,17,20). The van der Waals surface area contributed by atoms with Gasteiger partial charge in [-0.1, -0.05) is 22.0 Å². The van der Waals surface area contributed by atoms with Gasteiger partial charge in [-0.25, -0.2) is 9.18 Å². The van der Waals surface area contributed by atoms with Gasteiger partial charge in [0.25, 0.3) is 0 Å². The molecule has 5 nitrogen and oxygen atoms in total. The number of carboxylic acid groups (broad SMARTS) is 1. The SMILES string of the molecule is O=C(O)CCNC(=O)NCCCc1ccc(Br)cc1F. The van der Waals surface area contributed by atoms with E-state index >= 15 is 0 Å². The monoisotopic (exact) mass is 346 g/mol. The van der Waals surface area contributed by atoms with E-state index in [9.17, 15) is 14.0 Å². The van der Waals surface area contributed by atoms with Gasteiger partial charge in [-0.05, 0) is 30.5 Å². The molecule has 7 heteroatoms. The normalized spacial score (nSPS) is 10.1. The summed E-state index contributed by atoms with van der Waals surface area (Å²) in [6.07, 6.45) is 1.01. The van der Waals surface area contributed by atoms with Crippen molar-refractivity contribution in [2.45, 2.75) is 19.3 Å². The number of nitrogens with one attached hydrogen (secondary N) is 2. The predicted octanol–water partition coefficient (Wildman–Crippen LogP) is 2.29. The lowest BCUT2D eigenvalue weighted by atomic mass is 10.1. The lowest BCUT2D eigenvalue weighted by Crippen LogP contribution is -2.37. The molecule has 110 valence electrons. The third-order valence-electron chi connectivity index (χ3n) is 2.55. The van der Waals surface area contributed by atoms with Crippen molar-refractivity contribution in [3.63, 3.8) is 0 Å². The van der Waals surface area contributed by atoms with Crippen molar-refractivity contribution in [1.29, 1.82) is 0 Å². The van der Waals surface area contributed by atoms with Crippen molar-refractivity contribution in [3.8, 4) is 0 Å². The number of aliphatic carboxylic acids is 1.